The Balaban J connectivity index is 2.10. The molecular formula is C11H20N4O2S. The van der Waals surface area contributed by atoms with Crippen LogP contribution in [0.4, 0.5) is 5.82 Å². The first-order valence-corrected chi connectivity index (χ1v) is 7.68. The summed E-state index contributed by atoms with van der Waals surface area (Å²) in [6.45, 7) is 2.20. The number of aromatic nitrogens is 2. The highest BCUT2D eigenvalue weighted by atomic mass is 32.2. The van der Waals surface area contributed by atoms with Gasteiger partial charge >= 0.3 is 0 Å². The van der Waals surface area contributed by atoms with E-state index in [1.54, 1.807) is 7.05 Å². The van der Waals surface area contributed by atoms with Crippen molar-refractivity contribution in [2.75, 3.05) is 5.73 Å². The van der Waals surface area contributed by atoms with Gasteiger partial charge in [0.25, 0.3) is 0 Å². The Kier molecular flexibility index (Phi) is 3.63. The minimum Gasteiger partial charge on any atom is -0.381 e. The zero-order chi connectivity index (χ0) is 13.3. The third-order valence-corrected chi connectivity index (χ3v) is 4.99. The molecular weight excluding hydrogens is 252 g/mol. The number of hydrogen-bond acceptors (Lipinski definition) is 4. The minimum atomic E-state index is -3.55. The van der Waals surface area contributed by atoms with Gasteiger partial charge in [-0.25, -0.2) is 13.1 Å². The molecule has 6 nitrogen and oxygen atoms in total. The van der Waals surface area contributed by atoms with Gasteiger partial charge in [-0.2, -0.15) is 5.10 Å². The molecule has 0 radical (unpaired) electrons. The van der Waals surface area contributed by atoms with Crippen molar-refractivity contribution in [2.45, 2.75) is 43.5 Å². The van der Waals surface area contributed by atoms with Crippen molar-refractivity contribution in [1.29, 1.82) is 0 Å². The quantitative estimate of drug-likeness (QED) is 0.854. The Morgan fingerprint density at radius 3 is 2.50 bits per heavy atom. The van der Waals surface area contributed by atoms with Crippen LogP contribution in [0, 0.1) is 5.92 Å². The summed E-state index contributed by atoms with van der Waals surface area (Å²) in [4.78, 5) is 0.0728. The summed E-state index contributed by atoms with van der Waals surface area (Å²) >= 11 is 0. The SMILES string of the molecule is CC1CCC(NS(=O)(=O)c2cn(C)nc2N)CC1. The molecule has 0 bridgehead atoms. The van der Waals surface area contributed by atoms with E-state index in [-0.39, 0.29) is 16.8 Å². The number of rotatable bonds is 3. The number of anilines is 1. The van der Waals surface area contributed by atoms with Crippen molar-refractivity contribution in [2.24, 2.45) is 13.0 Å². The predicted octanol–water partition coefficient (Wildman–Crippen LogP) is 0.859. The molecule has 0 unspecified atom stereocenters. The smallest absolute Gasteiger partial charge is 0.246 e. The summed E-state index contributed by atoms with van der Waals surface area (Å²) < 4.78 is 28.5. The van der Waals surface area contributed by atoms with E-state index in [1.165, 1.54) is 10.9 Å². The van der Waals surface area contributed by atoms with Crippen LogP contribution in [0.2, 0.25) is 0 Å². The molecule has 2 rings (SSSR count). The van der Waals surface area contributed by atoms with Crippen molar-refractivity contribution >= 4 is 15.8 Å². The second kappa shape index (κ2) is 4.89. The summed E-state index contributed by atoms with van der Waals surface area (Å²) in [6, 6.07) is 0.0193. The van der Waals surface area contributed by atoms with E-state index in [0.717, 1.165) is 25.7 Å². The number of nitrogen functional groups attached to an aromatic ring is 1. The van der Waals surface area contributed by atoms with Gasteiger partial charge in [0.1, 0.15) is 4.90 Å². The number of nitrogens with one attached hydrogen (secondary N) is 1. The molecule has 1 aliphatic rings. The predicted molar refractivity (Wildman–Crippen MR) is 69.4 cm³/mol. The van der Waals surface area contributed by atoms with Crippen molar-refractivity contribution in [1.82, 2.24) is 14.5 Å². The van der Waals surface area contributed by atoms with Crippen LogP contribution in [0.1, 0.15) is 32.6 Å². The average Bonchev–Trinajstić information content (AvgIpc) is 2.62. The van der Waals surface area contributed by atoms with Gasteiger partial charge in [-0.05, 0) is 31.6 Å². The van der Waals surface area contributed by atoms with Gasteiger partial charge in [0.15, 0.2) is 5.82 Å². The van der Waals surface area contributed by atoms with Gasteiger partial charge in [0.05, 0.1) is 0 Å². The van der Waals surface area contributed by atoms with Crippen LogP contribution in [0.3, 0.4) is 0 Å². The Morgan fingerprint density at radius 2 is 2.00 bits per heavy atom. The number of nitrogens with two attached hydrogens (primary N) is 1. The monoisotopic (exact) mass is 272 g/mol. The van der Waals surface area contributed by atoms with Gasteiger partial charge in [-0.15, -0.1) is 0 Å². The zero-order valence-electron chi connectivity index (χ0n) is 10.8. The maximum Gasteiger partial charge on any atom is 0.246 e. The average molecular weight is 272 g/mol. The fraction of sp³-hybridized carbons (Fsp3) is 0.727. The topological polar surface area (TPSA) is 90.0 Å². The van der Waals surface area contributed by atoms with Gasteiger partial charge < -0.3 is 5.73 Å². The summed E-state index contributed by atoms with van der Waals surface area (Å²) in [7, 11) is -1.90. The van der Waals surface area contributed by atoms with E-state index >= 15 is 0 Å². The van der Waals surface area contributed by atoms with E-state index in [9.17, 15) is 8.42 Å². The zero-order valence-corrected chi connectivity index (χ0v) is 11.6. The van der Waals surface area contributed by atoms with Crippen LogP contribution in [0.15, 0.2) is 11.1 Å². The molecule has 1 saturated carbocycles. The van der Waals surface area contributed by atoms with E-state index in [1.807, 2.05) is 0 Å². The Morgan fingerprint density at radius 1 is 1.39 bits per heavy atom. The highest BCUT2D eigenvalue weighted by Crippen LogP contribution is 2.25. The third kappa shape index (κ3) is 2.84. The first-order valence-electron chi connectivity index (χ1n) is 6.20. The summed E-state index contributed by atoms with van der Waals surface area (Å²) in [5.74, 6) is 0.739. The maximum absolute atomic E-state index is 12.2. The molecule has 0 amide bonds. The molecule has 0 aliphatic heterocycles. The van der Waals surface area contributed by atoms with Gasteiger partial charge in [-0.1, -0.05) is 6.92 Å². The van der Waals surface area contributed by atoms with Crippen LogP contribution >= 0.6 is 0 Å². The highest BCUT2D eigenvalue weighted by Gasteiger charge is 2.26. The van der Waals surface area contributed by atoms with Crippen molar-refractivity contribution in [3.05, 3.63) is 6.20 Å². The Hall–Kier alpha value is -1.08. The molecule has 102 valence electrons. The van der Waals surface area contributed by atoms with Crippen LogP contribution in [-0.2, 0) is 17.1 Å². The molecule has 0 aromatic carbocycles. The molecule has 1 aliphatic carbocycles. The lowest BCUT2D eigenvalue weighted by atomic mass is 9.88. The Bertz CT molecular complexity index is 515. The largest absolute Gasteiger partial charge is 0.381 e. The van der Waals surface area contributed by atoms with E-state index in [2.05, 4.69) is 16.7 Å². The maximum atomic E-state index is 12.2. The molecule has 0 spiro atoms. The molecule has 3 N–H and O–H groups in total. The van der Waals surface area contributed by atoms with Crippen LogP contribution < -0.4 is 10.5 Å². The third-order valence-electron chi connectivity index (χ3n) is 3.45. The second-order valence-corrected chi connectivity index (χ2v) is 6.81. The van der Waals surface area contributed by atoms with Crippen molar-refractivity contribution < 1.29 is 8.42 Å². The second-order valence-electron chi connectivity index (χ2n) is 5.13. The number of hydrogen-bond donors (Lipinski definition) is 2. The number of sulfonamides is 1. The molecule has 1 aromatic rings. The summed E-state index contributed by atoms with van der Waals surface area (Å²) in [6.07, 6.45) is 5.34. The lowest BCUT2D eigenvalue weighted by Gasteiger charge is -2.26. The Labute approximate surface area is 108 Å². The van der Waals surface area contributed by atoms with Crippen molar-refractivity contribution in [3.63, 3.8) is 0 Å². The molecule has 7 heteroatoms. The van der Waals surface area contributed by atoms with Gasteiger partial charge in [0.2, 0.25) is 10.0 Å². The first-order chi connectivity index (χ1) is 8.38. The molecule has 1 aromatic heterocycles. The normalized spacial score (nSPS) is 25.2. The van der Waals surface area contributed by atoms with Crippen molar-refractivity contribution in [3.8, 4) is 0 Å². The molecule has 0 atom stereocenters. The lowest BCUT2D eigenvalue weighted by molar-refractivity contribution is 0.332. The fourth-order valence-corrected chi connectivity index (χ4v) is 3.76. The molecule has 0 saturated heterocycles. The van der Waals surface area contributed by atoms with Crippen LogP contribution in [0.5, 0.6) is 0 Å². The van der Waals surface area contributed by atoms with E-state index in [4.69, 9.17) is 5.73 Å². The number of aryl methyl sites for hydroxylation is 1. The number of nitrogens with zero attached hydrogens (tertiary/aromatic N) is 2. The van der Waals surface area contributed by atoms with E-state index in [0.29, 0.717) is 5.92 Å². The lowest BCUT2D eigenvalue weighted by Crippen LogP contribution is -2.37. The van der Waals surface area contributed by atoms with Gasteiger partial charge in [0, 0.05) is 19.3 Å². The standard InChI is InChI=1S/C11H20N4O2S/c1-8-3-5-9(6-4-8)14-18(16,17)10-7-15(2)13-11(10)12/h7-9,14H,3-6H2,1-2H3,(H2,12,13). The minimum absolute atomic E-state index is 0.0193. The van der Waals surface area contributed by atoms with Gasteiger partial charge in [-0.3, -0.25) is 4.68 Å². The first kappa shape index (κ1) is 13.4. The van der Waals surface area contributed by atoms with Crippen LogP contribution in [-0.4, -0.2) is 24.2 Å². The molecule has 1 heterocycles. The summed E-state index contributed by atoms with van der Waals surface area (Å²) in [5.41, 5.74) is 5.60. The van der Waals surface area contributed by atoms with Crippen LogP contribution in [0.25, 0.3) is 0 Å². The fourth-order valence-electron chi connectivity index (χ4n) is 2.35. The molecule has 18 heavy (non-hydrogen) atoms. The van der Waals surface area contributed by atoms with E-state index < -0.39 is 10.0 Å². The molecule has 1 fully saturated rings. The highest BCUT2D eigenvalue weighted by molar-refractivity contribution is 7.89. The summed E-state index contributed by atoms with van der Waals surface area (Å²) in [5, 5.41) is 3.86.